The topological polar surface area (TPSA) is 71.5 Å². The molecule has 0 bridgehead atoms. The molecule has 0 saturated heterocycles. The minimum absolute atomic E-state index is 0.189. The number of aliphatic hydroxyl groups excluding tert-OH is 1. The molecule has 1 amide bonds. The molecule has 0 radical (unpaired) electrons. The largest absolute Gasteiger partial charge is 0.438 e. The number of carbonyl (C=O) groups is 1. The van der Waals surface area contributed by atoms with E-state index in [0.717, 1.165) is 0 Å². The number of pyridine rings is 1. The summed E-state index contributed by atoms with van der Waals surface area (Å²) in [7, 11) is 0. The number of nitrogens with one attached hydrogen (secondary N) is 1. The Kier molecular flexibility index (Phi) is 6.23. The number of carbonyl (C=O) groups excluding carboxylic acids is 1. The number of ether oxygens (including phenoxy) is 1. The molecular formula is C21H18ClFN2O3. The van der Waals surface area contributed by atoms with Crippen molar-refractivity contribution in [2.45, 2.75) is 13.0 Å². The lowest BCUT2D eigenvalue weighted by atomic mass is 10.0. The van der Waals surface area contributed by atoms with Gasteiger partial charge in [-0.2, -0.15) is 0 Å². The zero-order chi connectivity index (χ0) is 20.1. The average molecular weight is 401 g/mol. The molecular weight excluding hydrogens is 383 g/mol. The van der Waals surface area contributed by atoms with E-state index in [1.165, 1.54) is 18.3 Å². The highest BCUT2D eigenvalue weighted by atomic mass is 35.5. The predicted octanol–water partition coefficient (Wildman–Crippen LogP) is 4.44. The zero-order valence-corrected chi connectivity index (χ0v) is 15.8. The molecule has 2 aromatic carbocycles. The third-order valence-electron chi connectivity index (χ3n) is 3.91. The van der Waals surface area contributed by atoms with Gasteiger partial charge in [0, 0.05) is 22.8 Å². The highest BCUT2D eigenvalue weighted by Gasteiger charge is 2.16. The van der Waals surface area contributed by atoms with Crippen LogP contribution in [0.3, 0.4) is 0 Å². The molecule has 0 spiro atoms. The van der Waals surface area contributed by atoms with Crippen molar-refractivity contribution in [3.63, 3.8) is 0 Å². The average Bonchev–Trinajstić information content (AvgIpc) is 2.68. The second-order valence-corrected chi connectivity index (χ2v) is 6.64. The van der Waals surface area contributed by atoms with E-state index in [2.05, 4.69) is 10.3 Å². The van der Waals surface area contributed by atoms with Gasteiger partial charge in [0.05, 0.1) is 12.2 Å². The second-order valence-electron chi connectivity index (χ2n) is 6.20. The van der Waals surface area contributed by atoms with E-state index < -0.39 is 17.8 Å². The normalized spacial score (nSPS) is 11.7. The number of nitrogens with zero attached hydrogens (tertiary/aromatic N) is 1. The molecule has 1 aromatic heterocycles. The molecule has 0 aliphatic carbocycles. The fourth-order valence-corrected chi connectivity index (χ4v) is 2.70. The van der Waals surface area contributed by atoms with Gasteiger partial charge in [0.2, 0.25) is 5.88 Å². The van der Waals surface area contributed by atoms with Crippen LogP contribution in [-0.2, 0) is 0 Å². The highest BCUT2D eigenvalue weighted by Crippen LogP contribution is 2.33. The van der Waals surface area contributed by atoms with E-state index in [0.29, 0.717) is 21.9 Å². The number of rotatable bonds is 6. The van der Waals surface area contributed by atoms with E-state index in [1.54, 1.807) is 49.4 Å². The van der Waals surface area contributed by atoms with Crippen molar-refractivity contribution in [1.29, 1.82) is 0 Å². The first-order valence-corrected chi connectivity index (χ1v) is 8.95. The summed E-state index contributed by atoms with van der Waals surface area (Å²) in [4.78, 5) is 16.6. The van der Waals surface area contributed by atoms with Crippen LogP contribution < -0.4 is 10.1 Å². The second kappa shape index (κ2) is 8.82. The Bertz CT molecular complexity index is 997. The molecule has 1 atom stereocenters. The number of aromatic nitrogens is 1. The predicted molar refractivity (Wildman–Crippen MR) is 105 cm³/mol. The van der Waals surface area contributed by atoms with E-state index in [-0.39, 0.29) is 18.1 Å². The van der Waals surface area contributed by atoms with Crippen LogP contribution in [0.15, 0.2) is 60.8 Å². The van der Waals surface area contributed by atoms with Gasteiger partial charge < -0.3 is 15.2 Å². The Hall–Kier alpha value is -2.96. The van der Waals surface area contributed by atoms with Gasteiger partial charge >= 0.3 is 0 Å². The van der Waals surface area contributed by atoms with Crippen LogP contribution in [0, 0.1) is 5.82 Å². The van der Waals surface area contributed by atoms with Gasteiger partial charge in [0.15, 0.2) is 0 Å². The van der Waals surface area contributed by atoms with Gasteiger partial charge in [-0.25, -0.2) is 9.37 Å². The van der Waals surface area contributed by atoms with E-state index in [9.17, 15) is 9.18 Å². The van der Waals surface area contributed by atoms with Gasteiger partial charge in [-0.05, 0) is 48.9 Å². The molecule has 3 rings (SSSR count). The lowest BCUT2D eigenvalue weighted by Crippen LogP contribution is -2.35. The molecule has 0 saturated carbocycles. The van der Waals surface area contributed by atoms with Crippen molar-refractivity contribution in [3.8, 4) is 22.8 Å². The molecule has 0 aliphatic heterocycles. The number of amides is 1. The first-order valence-electron chi connectivity index (χ1n) is 8.57. The number of aliphatic hydroxyl groups is 1. The third-order valence-corrected chi connectivity index (χ3v) is 4.15. The van der Waals surface area contributed by atoms with Crippen LogP contribution in [0.25, 0.3) is 11.1 Å². The fraction of sp³-hybridized carbons (Fsp3) is 0.143. The third kappa shape index (κ3) is 4.85. The number of halogens is 2. The summed E-state index contributed by atoms with van der Waals surface area (Å²) >= 11 is 5.99. The summed E-state index contributed by atoms with van der Waals surface area (Å²) in [5.41, 5.74) is 1.22. The molecule has 1 heterocycles. The first kappa shape index (κ1) is 19.8. The van der Waals surface area contributed by atoms with Gasteiger partial charge in [0.25, 0.3) is 5.91 Å². The summed E-state index contributed by atoms with van der Waals surface area (Å²) in [6, 6.07) is 13.9. The minimum atomic E-state index is -0.421. The van der Waals surface area contributed by atoms with Crippen LogP contribution in [0.4, 0.5) is 4.39 Å². The van der Waals surface area contributed by atoms with E-state index >= 15 is 0 Å². The number of hydrogen-bond acceptors (Lipinski definition) is 4. The standard InChI is InChI=1S/C21H18ClFN2O3/c1-13(12-26)25-20(27)15-9-19(14-4-2-6-17(23)8-14)21(24-11-15)28-18-7-3-5-16(22)10-18/h2-11,13,26H,12H2,1H3,(H,25,27)/t13-/m1/s1. The molecule has 0 fully saturated rings. The van der Waals surface area contributed by atoms with Gasteiger partial charge in [0.1, 0.15) is 11.6 Å². The monoisotopic (exact) mass is 400 g/mol. The molecule has 3 aromatic rings. The first-order chi connectivity index (χ1) is 13.5. The maximum absolute atomic E-state index is 13.8. The molecule has 0 aliphatic rings. The maximum atomic E-state index is 13.8. The van der Waals surface area contributed by atoms with Gasteiger partial charge in [-0.3, -0.25) is 4.79 Å². The van der Waals surface area contributed by atoms with Crippen molar-refractivity contribution in [1.82, 2.24) is 10.3 Å². The molecule has 0 unspecified atom stereocenters. The van der Waals surface area contributed by atoms with Gasteiger partial charge in [-0.15, -0.1) is 0 Å². The van der Waals surface area contributed by atoms with E-state index in [4.69, 9.17) is 21.4 Å². The molecule has 7 heteroatoms. The van der Waals surface area contributed by atoms with Crippen molar-refractivity contribution in [2.24, 2.45) is 0 Å². The summed E-state index contributed by atoms with van der Waals surface area (Å²) in [6.45, 7) is 1.49. The van der Waals surface area contributed by atoms with Crippen LogP contribution in [0.1, 0.15) is 17.3 Å². The summed E-state index contributed by atoms with van der Waals surface area (Å²) < 4.78 is 19.6. The van der Waals surface area contributed by atoms with Crippen molar-refractivity contribution >= 4 is 17.5 Å². The zero-order valence-electron chi connectivity index (χ0n) is 15.0. The van der Waals surface area contributed by atoms with Crippen LogP contribution in [0.5, 0.6) is 11.6 Å². The summed E-state index contributed by atoms with van der Waals surface area (Å²) in [5.74, 6) is -0.153. The Morgan fingerprint density at radius 1 is 1.25 bits per heavy atom. The Balaban J connectivity index is 2.02. The molecule has 2 N–H and O–H groups in total. The lowest BCUT2D eigenvalue weighted by molar-refractivity contribution is 0.0922. The van der Waals surface area contributed by atoms with E-state index in [1.807, 2.05) is 0 Å². The molecule has 28 heavy (non-hydrogen) atoms. The Morgan fingerprint density at radius 3 is 2.75 bits per heavy atom. The number of benzene rings is 2. The smallest absolute Gasteiger partial charge is 0.253 e. The van der Waals surface area contributed by atoms with Crippen LogP contribution in [0.2, 0.25) is 5.02 Å². The lowest BCUT2D eigenvalue weighted by Gasteiger charge is -2.14. The summed E-state index contributed by atoms with van der Waals surface area (Å²) in [5, 5.41) is 12.3. The van der Waals surface area contributed by atoms with Crippen LogP contribution >= 0.6 is 11.6 Å². The highest BCUT2D eigenvalue weighted by molar-refractivity contribution is 6.30. The van der Waals surface area contributed by atoms with Crippen molar-refractivity contribution < 1.29 is 19.0 Å². The fourth-order valence-electron chi connectivity index (χ4n) is 2.52. The number of hydrogen-bond donors (Lipinski definition) is 2. The Morgan fingerprint density at radius 2 is 2.04 bits per heavy atom. The maximum Gasteiger partial charge on any atom is 0.253 e. The Labute approximate surface area is 166 Å². The van der Waals surface area contributed by atoms with Crippen LogP contribution in [-0.4, -0.2) is 28.6 Å². The molecule has 5 nitrogen and oxygen atoms in total. The quantitative estimate of drug-likeness (QED) is 0.641. The van der Waals surface area contributed by atoms with Crippen molar-refractivity contribution in [2.75, 3.05) is 6.61 Å². The molecule has 144 valence electrons. The minimum Gasteiger partial charge on any atom is -0.438 e. The van der Waals surface area contributed by atoms with Crippen molar-refractivity contribution in [3.05, 3.63) is 77.2 Å². The SMILES string of the molecule is C[C@H](CO)NC(=O)c1cnc(Oc2cccc(Cl)c2)c(-c2cccc(F)c2)c1. The van der Waals surface area contributed by atoms with Gasteiger partial charge in [-0.1, -0.05) is 29.8 Å². The summed E-state index contributed by atoms with van der Waals surface area (Å²) in [6.07, 6.45) is 1.36.